The summed E-state index contributed by atoms with van der Waals surface area (Å²) in [6.07, 6.45) is 0. The van der Waals surface area contributed by atoms with E-state index in [4.69, 9.17) is 25.5 Å². The molecular formula is C30H21ClN2O6S. The Labute approximate surface area is 237 Å². The van der Waals surface area contributed by atoms with E-state index < -0.39 is 17.9 Å². The SMILES string of the molecule is CCOC(=O)c1sc(N2C(=O)c3oc4ccc(Cl)cc4c(=O)c3C2c2cccc(Oc3ccccc3)c2)nc1C. The molecule has 40 heavy (non-hydrogen) atoms. The van der Waals surface area contributed by atoms with Crippen LogP contribution < -0.4 is 15.1 Å². The van der Waals surface area contributed by atoms with E-state index in [1.165, 1.54) is 11.0 Å². The Kier molecular flexibility index (Phi) is 6.61. The van der Waals surface area contributed by atoms with Crippen molar-refractivity contribution in [2.75, 3.05) is 11.5 Å². The molecule has 2 aromatic heterocycles. The summed E-state index contributed by atoms with van der Waals surface area (Å²) in [6.45, 7) is 3.58. The molecule has 6 rings (SSSR count). The zero-order chi connectivity index (χ0) is 28.0. The summed E-state index contributed by atoms with van der Waals surface area (Å²) in [5, 5.41) is 0.855. The predicted molar refractivity (Wildman–Crippen MR) is 152 cm³/mol. The van der Waals surface area contributed by atoms with Crippen LogP contribution in [0.3, 0.4) is 0 Å². The Morgan fingerprint density at radius 1 is 1.05 bits per heavy atom. The van der Waals surface area contributed by atoms with E-state index in [-0.39, 0.29) is 44.3 Å². The summed E-state index contributed by atoms with van der Waals surface area (Å²) in [7, 11) is 0. The number of hydrogen-bond donors (Lipinski definition) is 0. The quantitative estimate of drug-likeness (QED) is 0.203. The van der Waals surface area contributed by atoms with Gasteiger partial charge in [-0.2, -0.15) is 0 Å². The molecule has 0 aliphatic carbocycles. The number of ether oxygens (including phenoxy) is 2. The second kappa shape index (κ2) is 10.3. The van der Waals surface area contributed by atoms with Gasteiger partial charge in [-0.1, -0.05) is 53.3 Å². The fraction of sp³-hybridized carbons (Fsp3) is 0.133. The molecule has 200 valence electrons. The van der Waals surface area contributed by atoms with Crippen LogP contribution in [-0.2, 0) is 4.74 Å². The molecular weight excluding hydrogens is 552 g/mol. The topological polar surface area (TPSA) is 98.9 Å². The molecule has 5 aromatic rings. The number of aryl methyl sites for hydroxylation is 1. The highest BCUT2D eigenvalue weighted by Gasteiger charge is 2.45. The largest absolute Gasteiger partial charge is 0.462 e. The standard InChI is InChI=1S/C30H21ClN2O6S/c1-3-37-29(36)27-16(2)32-30(40-27)33-24(17-8-7-11-20(14-17)38-19-9-5-4-6-10-19)23-25(34)21-15-18(31)12-13-22(21)39-26(23)28(33)35/h4-15,24H,3H2,1-2H3. The molecule has 3 heterocycles. The Bertz CT molecular complexity index is 1850. The van der Waals surface area contributed by atoms with Gasteiger partial charge < -0.3 is 13.9 Å². The van der Waals surface area contributed by atoms with Gasteiger partial charge in [0.25, 0.3) is 5.91 Å². The summed E-state index contributed by atoms with van der Waals surface area (Å²) >= 11 is 7.22. The summed E-state index contributed by atoms with van der Waals surface area (Å²) in [5.74, 6) is -0.0241. The van der Waals surface area contributed by atoms with Crippen LogP contribution in [0, 0.1) is 6.92 Å². The molecule has 1 aliphatic rings. The molecule has 0 saturated heterocycles. The number of aromatic nitrogens is 1. The molecule has 1 atom stereocenters. The molecule has 0 saturated carbocycles. The number of benzene rings is 3. The first kappa shape index (κ1) is 25.8. The second-order valence-corrected chi connectivity index (χ2v) is 10.4. The maximum Gasteiger partial charge on any atom is 0.350 e. The number of thiazole rings is 1. The van der Waals surface area contributed by atoms with E-state index in [0.717, 1.165) is 11.3 Å². The third-order valence-corrected chi connectivity index (χ3v) is 7.81. The lowest BCUT2D eigenvalue weighted by Gasteiger charge is -2.23. The van der Waals surface area contributed by atoms with E-state index in [1.807, 2.05) is 30.3 Å². The molecule has 1 amide bonds. The zero-order valence-electron chi connectivity index (χ0n) is 21.3. The smallest absolute Gasteiger partial charge is 0.350 e. The third kappa shape index (κ3) is 4.43. The fourth-order valence-electron chi connectivity index (χ4n) is 4.70. The van der Waals surface area contributed by atoms with E-state index in [1.54, 1.807) is 50.2 Å². The number of carbonyl (C=O) groups excluding carboxylic acids is 2. The van der Waals surface area contributed by atoms with E-state index >= 15 is 0 Å². The minimum absolute atomic E-state index is 0.0928. The molecule has 1 aliphatic heterocycles. The van der Waals surface area contributed by atoms with E-state index in [0.29, 0.717) is 27.8 Å². The molecule has 0 bridgehead atoms. The molecule has 0 spiro atoms. The first-order chi connectivity index (χ1) is 19.4. The number of fused-ring (bicyclic) bond motifs is 2. The molecule has 3 aromatic carbocycles. The number of hydrogen-bond acceptors (Lipinski definition) is 8. The Balaban J connectivity index is 1.54. The number of halogens is 1. The van der Waals surface area contributed by atoms with Crippen LogP contribution in [0.25, 0.3) is 11.0 Å². The molecule has 8 nitrogen and oxygen atoms in total. The van der Waals surface area contributed by atoms with Gasteiger partial charge in [-0.3, -0.25) is 14.5 Å². The van der Waals surface area contributed by atoms with Gasteiger partial charge in [0.2, 0.25) is 5.76 Å². The van der Waals surface area contributed by atoms with Crippen molar-refractivity contribution in [3.8, 4) is 11.5 Å². The van der Waals surface area contributed by atoms with Crippen molar-refractivity contribution in [1.82, 2.24) is 4.98 Å². The van der Waals surface area contributed by atoms with Gasteiger partial charge in [-0.05, 0) is 61.9 Å². The predicted octanol–water partition coefficient (Wildman–Crippen LogP) is 6.93. The van der Waals surface area contributed by atoms with Crippen LogP contribution in [0.15, 0.2) is 82.0 Å². The summed E-state index contributed by atoms with van der Waals surface area (Å²) in [5.41, 5.74) is 1.03. The van der Waals surface area contributed by atoms with Crippen LogP contribution in [0.5, 0.6) is 11.5 Å². The normalized spacial score (nSPS) is 14.4. The molecule has 0 N–H and O–H groups in total. The Morgan fingerprint density at radius 2 is 1.82 bits per heavy atom. The van der Waals surface area contributed by atoms with E-state index in [9.17, 15) is 14.4 Å². The fourth-order valence-corrected chi connectivity index (χ4v) is 5.86. The monoisotopic (exact) mass is 572 g/mol. The van der Waals surface area contributed by atoms with Crippen molar-refractivity contribution in [3.63, 3.8) is 0 Å². The van der Waals surface area contributed by atoms with Gasteiger partial charge >= 0.3 is 5.97 Å². The van der Waals surface area contributed by atoms with Gasteiger partial charge in [0.15, 0.2) is 10.6 Å². The minimum atomic E-state index is -0.901. The van der Waals surface area contributed by atoms with Crippen molar-refractivity contribution in [3.05, 3.63) is 116 Å². The van der Waals surface area contributed by atoms with Gasteiger partial charge in [0, 0.05) is 5.02 Å². The summed E-state index contributed by atoms with van der Waals surface area (Å²) in [4.78, 5) is 46.6. The lowest BCUT2D eigenvalue weighted by molar-refractivity contribution is 0.0531. The van der Waals surface area contributed by atoms with Gasteiger partial charge in [-0.15, -0.1) is 0 Å². The molecule has 0 fully saturated rings. The van der Waals surface area contributed by atoms with Crippen LogP contribution >= 0.6 is 22.9 Å². The van der Waals surface area contributed by atoms with Crippen molar-refractivity contribution < 1.29 is 23.5 Å². The van der Waals surface area contributed by atoms with Crippen LogP contribution in [0.1, 0.15) is 50.0 Å². The number of anilines is 1. The minimum Gasteiger partial charge on any atom is -0.462 e. The molecule has 0 radical (unpaired) electrons. The highest BCUT2D eigenvalue weighted by atomic mass is 35.5. The number of carbonyl (C=O) groups is 2. The van der Waals surface area contributed by atoms with Crippen LogP contribution in [0.4, 0.5) is 5.13 Å². The summed E-state index contributed by atoms with van der Waals surface area (Å²) in [6, 6.07) is 20.2. The highest BCUT2D eigenvalue weighted by molar-refractivity contribution is 7.17. The van der Waals surface area contributed by atoms with Crippen molar-refractivity contribution in [2.45, 2.75) is 19.9 Å². The van der Waals surface area contributed by atoms with Crippen molar-refractivity contribution in [1.29, 1.82) is 0 Å². The van der Waals surface area contributed by atoms with Crippen molar-refractivity contribution >= 4 is 50.9 Å². The Hall–Kier alpha value is -4.47. The second-order valence-electron chi connectivity index (χ2n) is 9.01. The maximum atomic E-state index is 13.9. The number of para-hydroxylation sites is 1. The Morgan fingerprint density at radius 3 is 2.60 bits per heavy atom. The van der Waals surface area contributed by atoms with Crippen LogP contribution in [0.2, 0.25) is 5.02 Å². The first-order valence-electron chi connectivity index (χ1n) is 12.4. The lowest BCUT2D eigenvalue weighted by Crippen LogP contribution is -2.29. The third-order valence-electron chi connectivity index (χ3n) is 6.44. The highest BCUT2D eigenvalue weighted by Crippen LogP contribution is 2.44. The van der Waals surface area contributed by atoms with Crippen molar-refractivity contribution in [2.24, 2.45) is 0 Å². The summed E-state index contributed by atoms with van der Waals surface area (Å²) < 4.78 is 17.2. The maximum absolute atomic E-state index is 13.9. The number of esters is 1. The number of amides is 1. The van der Waals surface area contributed by atoms with E-state index in [2.05, 4.69) is 4.98 Å². The van der Waals surface area contributed by atoms with Gasteiger partial charge in [0.1, 0.15) is 22.0 Å². The lowest BCUT2D eigenvalue weighted by atomic mass is 9.98. The average molecular weight is 573 g/mol. The average Bonchev–Trinajstić information content (AvgIpc) is 3.47. The van der Waals surface area contributed by atoms with Crippen LogP contribution in [-0.4, -0.2) is 23.5 Å². The number of nitrogens with zero attached hydrogens (tertiary/aromatic N) is 2. The molecule has 10 heteroatoms. The zero-order valence-corrected chi connectivity index (χ0v) is 22.9. The number of rotatable bonds is 6. The molecule has 1 unspecified atom stereocenters. The van der Waals surface area contributed by atoms with Gasteiger partial charge in [-0.25, -0.2) is 9.78 Å². The first-order valence-corrected chi connectivity index (χ1v) is 13.6. The van der Waals surface area contributed by atoms with Gasteiger partial charge in [0.05, 0.1) is 29.3 Å².